The molecule has 1 saturated heterocycles. The second kappa shape index (κ2) is 9.89. The number of nitrogens with zero attached hydrogens (tertiary/aromatic N) is 2. The Morgan fingerprint density at radius 2 is 2.03 bits per heavy atom. The summed E-state index contributed by atoms with van der Waals surface area (Å²) in [4.78, 5) is 29.9. The van der Waals surface area contributed by atoms with Crippen molar-refractivity contribution in [3.8, 4) is 0 Å². The Bertz CT molecular complexity index is 1050. The van der Waals surface area contributed by atoms with Crippen LogP contribution in [0.1, 0.15) is 31.7 Å². The summed E-state index contributed by atoms with van der Waals surface area (Å²) in [5.41, 5.74) is -1.36. The molecule has 3 N–H and O–H groups in total. The SMILES string of the molecule is C[C@H]1CCCN(CCCNC(=O)[C@]2(O)c3ccccc3NC(=O)N2c2ccc(Cl)c(Cl)c2)C1. The van der Waals surface area contributed by atoms with E-state index in [2.05, 4.69) is 22.5 Å². The zero-order chi connectivity index (χ0) is 23.6. The summed E-state index contributed by atoms with van der Waals surface area (Å²) >= 11 is 12.2. The monoisotopic (exact) mass is 490 g/mol. The Morgan fingerprint density at radius 1 is 1.24 bits per heavy atom. The molecule has 0 bridgehead atoms. The third-order valence-electron chi connectivity index (χ3n) is 6.23. The molecule has 0 saturated carbocycles. The number of carbonyl (C=O) groups excluding carboxylic acids is 2. The van der Waals surface area contributed by atoms with Crippen molar-refractivity contribution in [1.29, 1.82) is 0 Å². The number of hydrogen-bond acceptors (Lipinski definition) is 4. The van der Waals surface area contributed by atoms with E-state index in [1.807, 2.05) is 0 Å². The fourth-order valence-electron chi connectivity index (χ4n) is 4.60. The number of halogens is 2. The van der Waals surface area contributed by atoms with E-state index in [-0.39, 0.29) is 16.3 Å². The predicted octanol–water partition coefficient (Wildman–Crippen LogP) is 4.43. The van der Waals surface area contributed by atoms with Gasteiger partial charge in [-0.15, -0.1) is 0 Å². The summed E-state index contributed by atoms with van der Waals surface area (Å²) in [6.07, 6.45) is 3.19. The first-order valence-electron chi connectivity index (χ1n) is 11.2. The van der Waals surface area contributed by atoms with Gasteiger partial charge in [0.25, 0.3) is 11.6 Å². The third-order valence-corrected chi connectivity index (χ3v) is 6.97. The largest absolute Gasteiger partial charge is 0.359 e. The highest BCUT2D eigenvalue weighted by Crippen LogP contribution is 2.41. The number of carbonyl (C=O) groups is 2. The second-order valence-corrected chi connectivity index (χ2v) is 9.55. The topological polar surface area (TPSA) is 84.9 Å². The lowest BCUT2D eigenvalue weighted by Gasteiger charge is -2.42. The molecule has 1 fully saturated rings. The average molecular weight is 491 g/mol. The normalized spacial score (nSPS) is 23.1. The van der Waals surface area contributed by atoms with Gasteiger partial charge < -0.3 is 20.6 Å². The highest BCUT2D eigenvalue weighted by Gasteiger charge is 2.51. The molecule has 3 amide bonds. The maximum atomic E-state index is 13.4. The van der Waals surface area contributed by atoms with E-state index >= 15 is 0 Å². The number of fused-ring (bicyclic) bond motifs is 1. The van der Waals surface area contributed by atoms with Gasteiger partial charge in [-0.25, -0.2) is 4.79 Å². The van der Waals surface area contributed by atoms with Gasteiger partial charge in [0.05, 0.1) is 21.4 Å². The van der Waals surface area contributed by atoms with E-state index in [0.717, 1.165) is 31.0 Å². The molecule has 33 heavy (non-hydrogen) atoms. The van der Waals surface area contributed by atoms with Crippen molar-refractivity contribution in [2.45, 2.75) is 31.9 Å². The van der Waals surface area contributed by atoms with Crippen molar-refractivity contribution in [2.24, 2.45) is 5.92 Å². The van der Waals surface area contributed by atoms with Gasteiger partial charge in [0.1, 0.15) is 0 Å². The molecule has 9 heteroatoms. The van der Waals surface area contributed by atoms with Gasteiger partial charge >= 0.3 is 6.03 Å². The highest BCUT2D eigenvalue weighted by atomic mass is 35.5. The molecule has 176 valence electrons. The van der Waals surface area contributed by atoms with Crippen LogP contribution in [0.3, 0.4) is 0 Å². The van der Waals surface area contributed by atoms with E-state index in [0.29, 0.717) is 23.2 Å². The molecule has 2 heterocycles. The van der Waals surface area contributed by atoms with Gasteiger partial charge in [-0.2, -0.15) is 0 Å². The number of piperidine rings is 1. The van der Waals surface area contributed by atoms with E-state index in [4.69, 9.17) is 23.2 Å². The Balaban J connectivity index is 1.56. The van der Waals surface area contributed by atoms with Crippen molar-refractivity contribution in [3.63, 3.8) is 0 Å². The van der Waals surface area contributed by atoms with Crippen LogP contribution < -0.4 is 15.5 Å². The summed E-state index contributed by atoms with van der Waals surface area (Å²) in [7, 11) is 0. The quantitative estimate of drug-likeness (QED) is 0.522. The van der Waals surface area contributed by atoms with Crippen molar-refractivity contribution in [2.75, 3.05) is 36.4 Å². The second-order valence-electron chi connectivity index (χ2n) is 8.74. The molecule has 2 atom stereocenters. The maximum Gasteiger partial charge on any atom is 0.329 e. The van der Waals surface area contributed by atoms with E-state index in [1.165, 1.54) is 31.0 Å². The minimum atomic E-state index is -2.25. The molecule has 7 nitrogen and oxygen atoms in total. The molecule has 0 unspecified atom stereocenters. The maximum absolute atomic E-state index is 13.4. The fraction of sp³-hybridized carbons (Fsp3) is 0.417. The van der Waals surface area contributed by atoms with Crippen LogP contribution in [-0.2, 0) is 10.5 Å². The highest BCUT2D eigenvalue weighted by molar-refractivity contribution is 6.42. The van der Waals surface area contributed by atoms with Crippen LogP contribution in [0.2, 0.25) is 10.0 Å². The van der Waals surface area contributed by atoms with Crippen LogP contribution in [0.5, 0.6) is 0 Å². The summed E-state index contributed by atoms with van der Waals surface area (Å²) in [5, 5.41) is 17.9. The van der Waals surface area contributed by atoms with Gasteiger partial charge in [-0.05, 0) is 62.5 Å². The number of likely N-dealkylation sites (tertiary alicyclic amines) is 1. The number of aliphatic hydroxyl groups is 1. The first-order chi connectivity index (χ1) is 15.8. The van der Waals surface area contributed by atoms with E-state index in [1.54, 1.807) is 24.3 Å². The number of hydrogen-bond donors (Lipinski definition) is 3. The number of para-hydroxylation sites is 1. The lowest BCUT2D eigenvalue weighted by molar-refractivity contribution is -0.140. The molecule has 0 radical (unpaired) electrons. The van der Waals surface area contributed by atoms with Gasteiger partial charge in [0, 0.05) is 18.7 Å². The van der Waals surface area contributed by atoms with Gasteiger partial charge in [-0.3, -0.25) is 9.69 Å². The molecule has 0 aliphatic carbocycles. The van der Waals surface area contributed by atoms with Crippen molar-refractivity contribution in [1.82, 2.24) is 10.2 Å². The molecule has 2 aromatic rings. The predicted molar refractivity (Wildman–Crippen MR) is 131 cm³/mol. The molecule has 2 aliphatic heterocycles. The minimum Gasteiger partial charge on any atom is -0.359 e. The fourth-order valence-corrected chi connectivity index (χ4v) is 4.90. The van der Waals surface area contributed by atoms with E-state index < -0.39 is 17.7 Å². The standard InChI is InChI=1S/C24H28Cl2N4O3/c1-16-6-4-12-29(15-16)13-5-11-27-22(31)24(33)18-7-2-3-8-21(18)28-23(32)30(24)17-9-10-19(25)20(26)14-17/h2-3,7-10,14,16,33H,4-6,11-13,15H2,1H3,(H,27,31)(H,28,32)/t16-,24+/m0/s1. The molecule has 0 aromatic heterocycles. The first kappa shape index (κ1) is 23.8. The van der Waals surface area contributed by atoms with Crippen molar-refractivity contribution in [3.05, 3.63) is 58.1 Å². The Labute approximate surface area is 203 Å². The Hall–Kier alpha value is -2.32. The van der Waals surface area contributed by atoms with Gasteiger partial charge in [-0.1, -0.05) is 48.3 Å². The smallest absolute Gasteiger partial charge is 0.329 e. The number of rotatable bonds is 6. The van der Waals surface area contributed by atoms with Crippen molar-refractivity contribution >= 4 is 46.5 Å². The average Bonchev–Trinajstić information content (AvgIpc) is 2.79. The van der Waals surface area contributed by atoms with Crippen LogP contribution >= 0.6 is 23.2 Å². The summed E-state index contributed by atoms with van der Waals surface area (Å²) in [6.45, 7) is 5.64. The lowest BCUT2D eigenvalue weighted by atomic mass is 9.94. The molecule has 2 aromatic carbocycles. The number of benzene rings is 2. The number of anilines is 2. The number of nitrogens with one attached hydrogen (secondary N) is 2. The Kier molecular flexibility index (Phi) is 7.14. The van der Waals surface area contributed by atoms with Crippen LogP contribution in [0, 0.1) is 5.92 Å². The molecule has 0 spiro atoms. The van der Waals surface area contributed by atoms with Gasteiger partial charge in [0.2, 0.25) is 0 Å². The third kappa shape index (κ3) is 4.82. The zero-order valence-electron chi connectivity index (χ0n) is 18.5. The molecule has 4 rings (SSSR count). The van der Waals surface area contributed by atoms with Crippen molar-refractivity contribution < 1.29 is 14.7 Å². The first-order valence-corrected chi connectivity index (χ1v) is 11.9. The Morgan fingerprint density at radius 3 is 2.79 bits per heavy atom. The van der Waals surface area contributed by atoms with Crippen LogP contribution in [0.4, 0.5) is 16.2 Å². The number of amides is 3. The van der Waals surface area contributed by atoms with Gasteiger partial charge in [0.15, 0.2) is 0 Å². The number of urea groups is 1. The molecular weight excluding hydrogens is 463 g/mol. The molecular formula is C24H28Cl2N4O3. The molecule has 2 aliphatic rings. The van der Waals surface area contributed by atoms with E-state index in [9.17, 15) is 14.7 Å². The summed E-state index contributed by atoms with van der Waals surface area (Å²) in [5.74, 6) is 0.00829. The van der Waals surface area contributed by atoms with Crippen LogP contribution in [0.25, 0.3) is 0 Å². The summed E-state index contributed by atoms with van der Waals surface area (Å²) in [6, 6.07) is 10.6. The lowest BCUT2D eigenvalue weighted by Crippen LogP contribution is -2.62. The van der Waals surface area contributed by atoms with Crippen LogP contribution in [-0.4, -0.2) is 48.1 Å². The van der Waals surface area contributed by atoms with Crippen LogP contribution in [0.15, 0.2) is 42.5 Å². The summed E-state index contributed by atoms with van der Waals surface area (Å²) < 4.78 is 0. The zero-order valence-corrected chi connectivity index (χ0v) is 20.0. The minimum absolute atomic E-state index is 0.208.